The lowest BCUT2D eigenvalue weighted by molar-refractivity contribution is -0.117. The first-order valence-electron chi connectivity index (χ1n) is 9.43. The molecule has 0 aliphatic rings. The molecule has 0 unspecified atom stereocenters. The molecule has 3 rings (SSSR count). The summed E-state index contributed by atoms with van der Waals surface area (Å²) in [6.07, 6.45) is 3.32. The van der Waals surface area contributed by atoms with Crippen molar-refractivity contribution in [2.45, 2.75) is 24.8 Å². The van der Waals surface area contributed by atoms with Crippen LogP contribution in [0.25, 0.3) is 10.2 Å². The number of aryl methyl sites for hydroxylation is 1. The van der Waals surface area contributed by atoms with E-state index in [1.165, 1.54) is 23.5 Å². The summed E-state index contributed by atoms with van der Waals surface area (Å²) < 4.78 is 31.8. The maximum absolute atomic E-state index is 12.6. The number of carbonyl (C=O) groups is 1. The van der Waals surface area contributed by atoms with Crippen molar-refractivity contribution in [3.05, 3.63) is 52.8 Å². The molecule has 2 aromatic carbocycles. The normalized spacial score (nSPS) is 12.4. The molecule has 0 aliphatic carbocycles. The predicted molar refractivity (Wildman–Crippen MR) is 123 cm³/mol. The lowest BCUT2D eigenvalue weighted by Gasteiger charge is -2.05. The zero-order valence-electron chi connectivity index (χ0n) is 17.1. The van der Waals surface area contributed by atoms with E-state index in [1.807, 2.05) is 31.4 Å². The molecular formula is C21H24N2O4S3. The van der Waals surface area contributed by atoms with Crippen molar-refractivity contribution in [1.82, 2.24) is 4.57 Å². The van der Waals surface area contributed by atoms with Crippen molar-refractivity contribution < 1.29 is 17.9 Å². The van der Waals surface area contributed by atoms with Crippen molar-refractivity contribution >= 4 is 49.1 Å². The SMILES string of the molecule is CCOc1ccc2c(c1)sc(=NC(=O)Cc1ccc(S(C)(=O)=O)cc1)n2CCSC. The van der Waals surface area contributed by atoms with Gasteiger partial charge in [0.2, 0.25) is 0 Å². The molecule has 1 amide bonds. The average Bonchev–Trinajstić information content (AvgIpc) is 3.02. The molecule has 0 radical (unpaired) electrons. The largest absolute Gasteiger partial charge is 0.494 e. The van der Waals surface area contributed by atoms with Crippen LogP contribution in [0.5, 0.6) is 5.75 Å². The predicted octanol–water partition coefficient (Wildman–Crippen LogP) is 3.54. The monoisotopic (exact) mass is 464 g/mol. The fourth-order valence-electron chi connectivity index (χ4n) is 2.97. The lowest BCUT2D eigenvalue weighted by atomic mass is 10.1. The van der Waals surface area contributed by atoms with Gasteiger partial charge in [0.1, 0.15) is 5.75 Å². The Morgan fingerprint density at radius 1 is 1.20 bits per heavy atom. The fourth-order valence-corrected chi connectivity index (χ4v) is 5.07. The number of nitrogens with zero attached hydrogens (tertiary/aromatic N) is 2. The van der Waals surface area contributed by atoms with Crippen molar-refractivity contribution in [2.24, 2.45) is 4.99 Å². The zero-order valence-corrected chi connectivity index (χ0v) is 19.6. The third-order valence-electron chi connectivity index (χ3n) is 4.41. The molecule has 1 heterocycles. The zero-order chi connectivity index (χ0) is 21.7. The first kappa shape index (κ1) is 22.6. The molecular weight excluding hydrogens is 440 g/mol. The van der Waals surface area contributed by atoms with Crippen LogP contribution in [-0.4, -0.2) is 43.8 Å². The molecule has 1 aromatic heterocycles. The smallest absolute Gasteiger partial charge is 0.252 e. The van der Waals surface area contributed by atoms with E-state index >= 15 is 0 Å². The summed E-state index contributed by atoms with van der Waals surface area (Å²) in [6.45, 7) is 3.29. The van der Waals surface area contributed by atoms with Gasteiger partial charge in [-0.3, -0.25) is 4.79 Å². The molecule has 0 fully saturated rings. The Kier molecular flexibility index (Phi) is 7.38. The quantitative estimate of drug-likeness (QED) is 0.510. The molecule has 160 valence electrons. The van der Waals surface area contributed by atoms with E-state index in [2.05, 4.69) is 9.56 Å². The van der Waals surface area contributed by atoms with Crippen molar-refractivity contribution in [2.75, 3.05) is 24.9 Å². The summed E-state index contributed by atoms with van der Waals surface area (Å²) >= 11 is 3.20. The Morgan fingerprint density at radius 2 is 1.93 bits per heavy atom. The number of rotatable bonds is 8. The van der Waals surface area contributed by atoms with Crippen LogP contribution >= 0.6 is 23.1 Å². The number of fused-ring (bicyclic) bond motifs is 1. The molecule has 0 spiro atoms. The van der Waals surface area contributed by atoms with Crippen LogP contribution in [0, 0.1) is 0 Å². The first-order chi connectivity index (χ1) is 14.3. The van der Waals surface area contributed by atoms with Crippen molar-refractivity contribution in [1.29, 1.82) is 0 Å². The molecule has 0 atom stereocenters. The van der Waals surface area contributed by atoms with E-state index in [-0.39, 0.29) is 17.2 Å². The Hall–Kier alpha value is -2.10. The standard InChI is InChI=1S/C21H24N2O4S3/c1-4-27-16-7-10-18-19(14-16)29-21(23(18)11-12-28-2)22-20(24)13-15-5-8-17(9-6-15)30(3,25)26/h5-10,14H,4,11-13H2,1-3H3. The molecule has 30 heavy (non-hydrogen) atoms. The number of aromatic nitrogens is 1. The molecule has 3 aromatic rings. The van der Waals surface area contributed by atoms with Gasteiger partial charge in [-0.25, -0.2) is 8.42 Å². The molecule has 6 nitrogen and oxygen atoms in total. The van der Waals surface area contributed by atoms with Gasteiger partial charge in [-0.15, -0.1) is 0 Å². The highest BCUT2D eigenvalue weighted by molar-refractivity contribution is 7.98. The molecule has 0 bridgehead atoms. The van der Waals surface area contributed by atoms with Gasteiger partial charge in [0.25, 0.3) is 5.91 Å². The minimum Gasteiger partial charge on any atom is -0.494 e. The maximum atomic E-state index is 12.6. The van der Waals surface area contributed by atoms with E-state index in [0.29, 0.717) is 11.4 Å². The van der Waals surface area contributed by atoms with Crippen molar-refractivity contribution in [3.8, 4) is 5.75 Å². The summed E-state index contributed by atoms with van der Waals surface area (Å²) in [5, 5.41) is 0. The van der Waals surface area contributed by atoms with Gasteiger partial charge >= 0.3 is 0 Å². The first-order valence-corrected chi connectivity index (χ1v) is 13.5. The van der Waals surface area contributed by atoms with Gasteiger partial charge in [-0.1, -0.05) is 23.5 Å². The van der Waals surface area contributed by atoms with Crippen LogP contribution in [0.15, 0.2) is 52.4 Å². The van der Waals surface area contributed by atoms with E-state index in [0.717, 1.165) is 40.1 Å². The van der Waals surface area contributed by atoms with E-state index in [9.17, 15) is 13.2 Å². The van der Waals surface area contributed by atoms with Gasteiger partial charge in [0.15, 0.2) is 14.6 Å². The van der Waals surface area contributed by atoms with Crippen LogP contribution in [-0.2, 0) is 27.6 Å². The molecule has 0 aliphatic heterocycles. The molecule has 9 heteroatoms. The highest BCUT2D eigenvalue weighted by Crippen LogP contribution is 2.24. The minimum absolute atomic E-state index is 0.116. The third-order valence-corrected chi connectivity index (χ3v) is 7.17. The van der Waals surface area contributed by atoms with Gasteiger partial charge < -0.3 is 9.30 Å². The summed E-state index contributed by atoms with van der Waals surface area (Å²) in [6, 6.07) is 12.3. The topological polar surface area (TPSA) is 77.7 Å². The summed E-state index contributed by atoms with van der Waals surface area (Å²) in [5.74, 6) is 1.44. The van der Waals surface area contributed by atoms with Crippen LogP contribution in [0.2, 0.25) is 0 Å². The number of thiazole rings is 1. The lowest BCUT2D eigenvalue weighted by Crippen LogP contribution is -2.18. The highest BCUT2D eigenvalue weighted by Gasteiger charge is 2.11. The average molecular weight is 465 g/mol. The Balaban J connectivity index is 1.92. The van der Waals surface area contributed by atoms with Crippen LogP contribution in [0.3, 0.4) is 0 Å². The van der Waals surface area contributed by atoms with Crippen LogP contribution in [0.1, 0.15) is 12.5 Å². The second kappa shape index (κ2) is 9.80. The molecule has 0 saturated carbocycles. The Bertz CT molecular complexity index is 1210. The second-order valence-corrected chi connectivity index (χ2v) is 10.7. The number of thioether (sulfide) groups is 1. The summed E-state index contributed by atoms with van der Waals surface area (Å²) in [5.41, 5.74) is 1.76. The number of carbonyl (C=O) groups excluding carboxylic acids is 1. The summed E-state index contributed by atoms with van der Waals surface area (Å²) in [4.78, 5) is 17.9. The number of amides is 1. The second-order valence-electron chi connectivity index (χ2n) is 6.69. The van der Waals surface area contributed by atoms with E-state index in [4.69, 9.17) is 4.74 Å². The van der Waals surface area contributed by atoms with E-state index in [1.54, 1.807) is 23.9 Å². The number of hydrogen-bond donors (Lipinski definition) is 0. The minimum atomic E-state index is -3.26. The van der Waals surface area contributed by atoms with Crippen LogP contribution < -0.4 is 9.54 Å². The summed E-state index contributed by atoms with van der Waals surface area (Å²) in [7, 11) is -3.26. The van der Waals surface area contributed by atoms with E-state index < -0.39 is 9.84 Å². The molecule has 0 N–H and O–H groups in total. The van der Waals surface area contributed by atoms with Gasteiger partial charge in [-0.05, 0) is 49.1 Å². The van der Waals surface area contributed by atoms with Gasteiger partial charge in [-0.2, -0.15) is 16.8 Å². The third kappa shape index (κ3) is 5.53. The van der Waals surface area contributed by atoms with Crippen LogP contribution in [0.4, 0.5) is 0 Å². The van der Waals surface area contributed by atoms with Gasteiger partial charge in [0, 0.05) is 18.6 Å². The van der Waals surface area contributed by atoms with Crippen molar-refractivity contribution in [3.63, 3.8) is 0 Å². The Morgan fingerprint density at radius 3 is 2.57 bits per heavy atom. The highest BCUT2D eigenvalue weighted by atomic mass is 32.2. The number of sulfone groups is 1. The number of ether oxygens (including phenoxy) is 1. The maximum Gasteiger partial charge on any atom is 0.252 e. The Labute approximate surface area is 184 Å². The number of benzene rings is 2. The number of hydrogen-bond acceptors (Lipinski definition) is 6. The fraction of sp³-hybridized carbons (Fsp3) is 0.333. The van der Waals surface area contributed by atoms with Gasteiger partial charge in [0.05, 0.1) is 28.1 Å². The molecule has 0 saturated heterocycles.